The zero-order valence-electron chi connectivity index (χ0n) is 29.4. The van der Waals surface area contributed by atoms with Crippen LogP contribution in [0.3, 0.4) is 0 Å². The van der Waals surface area contributed by atoms with Gasteiger partial charge in [0.2, 0.25) is 0 Å². The quantitative estimate of drug-likeness (QED) is 0.364. The van der Waals surface area contributed by atoms with Gasteiger partial charge in [-0.25, -0.2) is 0 Å². The number of aliphatic hydroxyl groups is 2. The molecule has 240 valence electrons. The van der Waals surface area contributed by atoms with Crippen molar-refractivity contribution in [2.75, 3.05) is 0 Å². The second kappa shape index (κ2) is 12.5. The van der Waals surface area contributed by atoms with E-state index in [-0.39, 0.29) is 33.9 Å². The fourth-order valence-electron chi connectivity index (χ4n) is 8.30. The van der Waals surface area contributed by atoms with Crippen molar-refractivity contribution < 1.29 is 10.2 Å². The highest BCUT2D eigenvalue weighted by Crippen LogP contribution is 2.53. The maximum absolute atomic E-state index is 11.4. The molecule has 2 nitrogen and oxygen atoms in total. The van der Waals surface area contributed by atoms with Gasteiger partial charge in [-0.1, -0.05) is 119 Å². The second-order valence-electron chi connectivity index (χ2n) is 18.4. The molecule has 0 aromatic heterocycles. The molecule has 2 aliphatic carbocycles. The van der Waals surface area contributed by atoms with Gasteiger partial charge in [-0.05, 0) is 118 Å². The molecule has 2 aromatic rings. The van der Waals surface area contributed by atoms with Crippen molar-refractivity contribution in [2.45, 2.75) is 143 Å². The van der Waals surface area contributed by atoms with Gasteiger partial charge < -0.3 is 10.2 Å². The van der Waals surface area contributed by atoms with Crippen LogP contribution in [-0.4, -0.2) is 22.4 Å². The highest BCUT2D eigenvalue weighted by atomic mass is 32.2. The van der Waals surface area contributed by atoms with Crippen molar-refractivity contribution in [3.05, 3.63) is 59.7 Å². The van der Waals surface area contributed by atoms with Crippen LogP contribution in [0.15, 0.2) is 58.3 Å². The lowest BCUT2D eigenvalue weighted by atomic mass is 9.58. The van der Waals surface area contributed by atoms with E-state index in [2.05, 4.69) is 132 Å². The highest BCUT2D eigenvalue weighted by Gasteiger charge is 2.47. The minimum absolute atomic E-state index is 0.0856. The lowest BCUT2D eigenvalue weighted by Gasteiger charge is -2.49. The summed E-state index contributed by atoms with van der Waals surface area (Å²) in [5.74, 6) is 2.16. The Kier molecular flexibility index (Phi) is 10.0. The SMILES string of the molecule is CC(C)(C)C1CC(c2ccc(Sc3ccc(C4CC(C(C)(C)C)C(O)C(C(C)(C)C)C4)cc3)cc2)CC(C(C)(C)C)C1O. The first-order chi connectivity index (χ1) is 19.7. The van der Waals surface area contributed by atoms with Gasteiger partial charge in [0.05, 0.1) is 12.2 Å². The fourth-order valence-corrected chi connectivity index (χ4v) is 9.11. The summed E-state index contributed by atoms with van der Waals surface area (Å²) in [4.78, 5) is 2.54. The summed E-state index contributed by atoms with van der Waals surface area (Å²) in [6, 6.07) is 18.5. The van der Waals surface area contributed by atoms with Crippen molar-refractivity contribution >= 4 is 11.8 Å². The van der Waals surface area contributed by atoms with Crippen molar-refractivity contribution in [1.29, 1.82) is 0 Å². The molecule has 0 bridgehead atoms. The van der Waals surface area contributed by atoms with Gasteiger partial charge in [-0.15, -0.1) is 0 Å². The van der Waals surface area contributed by atoms with Gasteiger partial charge in [0.15, 0.2) is 0 Å². The Hall–Kier alpha value is -1.29. The van der Waals surface area contributed by atoms with Crippen LogP contribution in [0.1, 0.15) is 132 Å². The highest BCUT2D eigenvalue weighted by molar-refractivity contribution is 7.99. The average Bonchev–Trinajstić information content (AvgIpc) is 2.87. The van der Waals surface area contributed by atoms with Crippen molar-refractivity contribution in [1.82, 2.24) is 0 Å². The van der Waals surface area contributed by atoms with Gasteiger partial charge >= 0.3 is 0 Å². The maximum Gasteiger partial charge on any atom is 0.0606 e. The smallest absolute Gasteiger partial charge is 0.0606 e. The Morgan fingerprint density at radius 3 is 0.884 bits per heavy atom. The summed E-state index contributed by atoms with van der Waals surface area (Å²) >= 11 is 1.84. The van der Waals surface area contributed by atoms with Gasteiger partial charge in [0.25, 0.3) is 0 Å². The average molecular weight is 607 g/mol. The summed E-state index contributed by atoms with van der Waals surface area (Å²) in [6.45, 7) is 27.5. The van der Waals surface area contributed by atoms with Crippen molar-refractivity contribution in [3.63, 3.8) is 0 Å². The normalized spacial score (nSPS) is 31.2. The molecule has 0 saturated heterocycles. The van der Waals surface area contributed by atoms with E-state index in [1.165, 1.54) is 20.9 Å². The van der Waals surface area contributed by atoms with Crippen LogP contribution in [0.25, 0.3) is 0 Å². The van der Waals surface area contributed by atoms with Crippen LogP contribution in [0, 0.1) is 45.3 Å². The van der Waals surface area contributed by atoms with E-state index in [0.717, 1.165) is 25.7 Å². The lowest BCUT2D eigenvalue weighted by Crippen LogP contribution is -2.47. The predicted molar refractivity (Wildman–Crippen MR) is 185 cm³/mol. The molecule has 4 atom stereocenters. The third-order valence-electron chi connectivity index (χ3n) is 11.2. The molecule has 43 heavy (non-hydrogen) atoms. The molecule has 0 spiro atoms. The molecule has 0 radical (unpaired) electrons. The molecule has 0 amide bonds. The molecule has 2 saturated carbocycles. The van der Waals surface area contributed by atoms with Crippen molar-refractivity contribution in [2.24, 2.45) is 45.3 Å². The molecule has 2 fully saturated rings. The first-order valence-corrected chi connectivity index (χ1v) is 17.7. The Bertz CT molecular complexity index is 1040. The number of hydrogen-bond donors (Lipinski definition) is 2. The minimum atomic E-state index is -0.244. The van der Waals surface area contributed by atoms with E-state index in [9.17, 15) is 10.2 Å². The van der Waals surface area contributed by atoms with E-state index < -0.39 is 0 Å². The summed E-state index contributed by atoms with van der Waals surface area (Å²) in [5, 5.41) is 22.7. The molecule has 0 heterocycles. The van der Waals surface area contributed by atoms with Crippen molar-refractivity contribution in [3.8, 4) is 0 Å². The van der Waals surface area contributed by atoms with Crippen LogP contribution >= 0.6 is 11.8 Å². The van der Waals surface area contributed by atoms with Gasteiger partial charge in [0, 0.05) is 9.79 Å². The van der Waals surface area contributed by atoms with Gasteiger partial charge in [-0.3, -0.25) is 0 Å². The molecular weight excluding hydrogens is 545 g/mol. The van der Waals surface area contributed by atoms with Gasteiger partial charge in [-0.2, -0.15) is 0 Å². The number of benzene rings is 2. The Balaban J connectivity index is 1.47. The molecule has 2 aromatic carbocycles. The summed E-state index contributed by atoms with van der Waals surface area (Å²) < 4.78 is 0. The zero-order valence-corrected chi connectivity index (χ0v) is 30.2. The van der Waals surface area contributed by atoms with Crippen LogP contribution in [0.2, 0.25) is 0 Å². The second-order valence-corrected chi connectivity index (χ2v) is 19.6. The largest absolute Gasteiger partial charge is 0.393 e. The Labute approximate surface area is 268 Å². The molecule has 2 aliphatic rings. The van der Waals surface area contributed by atoms with E-state index in [1.54, 1.807) is 0 Å². The van der Waals surface area contributed by atoms with Crippen LogP contribution < -0.4 is 0 Å². The molecule has 2 N–H and O–H groups in total. The molecule has 3 heteroatoms. The number of hydrogen-bond acceptors (Lipinski definition) is 3. The number of aliphatic hydroxyl groups excluding tert-OH is 2. The fraction of sp³-hybridized carbons (Fsp3) is 0.700. The standard InChI is InChI=1S/C40H62O2S/c1-37(2,3)31-21-27(22-32(35(31)41)38(4,5)6)25-13-17-29(18-14-25)43-30-19-15-26(16-20-30)28-23-33(39(7,8)9)36(42)34(24-28)40(10,11)12/h13-20,27-28,31-36,41-42H,21-24H2,1-12H3. The van der Waals surface area contributed by atoms with E-state index in [0.29, 0.717) is 35.5 Å². The van der Waals surface area contributed by atoms with E-state index in [4.69, 9.17) is 0 Å². The van der Waals surface area contributed by atoms with E-state index >= 15 is 0 Å². The first-order valence-electron chi connectivity index (χ1n) is 16.9. The summed E-state index contributed by atoms with van der Waals surface area (Å²) in [6.07, 6.45) is 3.72. The first kappa shape index (κ1) is 34.6. The third-order valence-corrected chi connectivity index (χ3v) is 12.2. The third kappa shape index (κ3) is 8.11. The molecule has 4 unspecified atom stereocenters. The molecular formula is C40H62O2S. The zero-order chi connectivity index (χ0) is 32.1. The molecule has 4 rings (SSSR count). The Morgan fingerprint density at radius 2 is 0.674 bits per heavy atom. The molecule has 0 aliphatic heterocycles. The van der Waals surface area contributed by atoms with Crippen LogP contribution in [-0.2, 0) is 0 Å². The lowest BCUT2D eigenvalue weighted by molar-refractivity contribution is -0.0730. The van der Waals surface area contributed by atoms with Crippen LogP contribution in [0.4, 0.5) is 0 Å². The Morgan fingerprint density at radius 1 is 0.442 bits per heavy atom. The van der Waals surface area contributed by atoms with Crippen LogP contribution in [0.5, 0.6) is 0 Å². The predicted octanol–water partition coefficient (Wildman–Crippen LogP) is 11.0. The summed E-state index contributed by atoms with van der Waals surface area (Å²) in [5.41, 5.74) is 3.17. The maximum atomic E-state index is 11.4. The monoisotopic (exact) mass is 606 g/mol. The minimum Gasteiger partial charge on any atom is -0.393 e. The van der Waals surface area contributed by atoms with Gasteiger partial charge in [0.1, 0.15) is 0 Å². The number of rotatable bonds is 4. The summed E-state index contributed by atoms with van der Waals surface area (Å²) in [7, 11) is 0. The topological polar surface area (TPSA) is 40.5 Å². The van der Waals surface area contributed by atoms with E-state index in [1.807, 2.05) is 11.8 Å².